The molecule has 0 aromatic heterocycles. The third-order valence-corrected chi connectivity index (χ3v) is 2.96. The van der Waals surface area contributed by atoms with Gasteiger partial charge in [-0.3, -0.25) is 9.69 Å². The van der Waals surface area contributed by atoms with Crippen molar-refractivity contribution in [1.82, 2.24) is 9.80 Å². The first-order valence-corrected chi connectivity index (χ1v) is 4.93. The lowest BCUT2D eigenvalue weighted by atomic mass is 10.0. The molecule has 0 aromatic rings. The minimum atomic E-state index is -0.815. The van der Waals surface area contributed by atoms with Crippen LogP contribution in [0.3, 0.4) is 0 Å². The van der Waals surface area contributed by atoms with Gasteiger partial charge in [0, 0.05) is 0 Å². The summed E-state index contributed by atoms with van der Waals surface area (Å²) in [6, 6.07) is -0.296. The van der Waals surface area contributed by atoms with Gasteiger partial charge in [0.15, 0.2) is 12.5 Å². The van der Waals surface area contributed by atoms with Gasteiger partial charge < -0.3 is 9.47 Å². The number of epoxide rings is 2. The zero-order valence-corrected chi connectivity index (χ0v) is 8.60. The summed E-state index contributed by atoms with van der Waals surface area (Å²) < 4.78 is 10.1. The van der Waals surface area contributed by atoms with E-state index in [1.165, 1.54) is 9.80 Å². The molecule has 3 amide bonds. The topological polar surface area (TPSA) is 65.7 Å². The second kappa shape index (κ2) is 2.51. The van der Waals surface area contributed by atoms with Crippen molar-refractivity contribution in [2.75, 3.05) is 13.2 Å². The molecule has 3 aliphatic rings. The summed E-state index contributed by atoms with van der Waals surface area (Å²) in [7, 11) is 0. The number of nitrogens with zero attached hydrogens (tertiary/aromatic N) is 2. The number of urea groups is 1. The lowest BCUT2D eigenvalue weighted by Crippen LogP contribution is -2.45. The van der Waals surface area contributed by atoms with E-state index in [0.29, 0.717) is 13.2 Å². The Bertz CT molecular complexity index is 346. The minimum absolute atomic E-state index is 0.203. The Labute approximate surface area is 86.7 Å². The standard InChI is InChI=1S/C9H12N2O4/c1-9(2)7(12)10(5-3-14-5)8(13)11(9)6-4-15-6/h5-6H,3-4H2,1-2H3. The van der Waals surface area contributed by atoms with Crippen LogP contribution in [0.25, 0.3) is 0 Å². The fraction of sp³-hybridized carbons (Fsp3) is 0.778. The maximum atomic E-state index is 12.0. The predicted octanol–water partition coefficient (Wildman–Crippen LogP) is -0.258. The van der Waals surface area contributed by atoms with E-state index >= 15 is 0 Å². The van der Waals surface area contributed by atoms with Crippen LogP contribution in [0, 0.1) is 0 Å². The number of hydrogen-bond acceptors (Lipinski definition) is 4. The van der Waals surface area contributed by atoms with Crippen LogP contribution in [0.1, 0.15) is 13.8 Å². The van der Waals surface area contributed by atoms with Crippen molar-refractivity contribution < 1.29 is 19.1 Å². The molecule has 0 spiro atoms. The summed E-state index contributed by atoms with van der Waals surface area (Å²) in [5.41, 5.74) is -0.815. The van der Waals surface area contributed by atoms with Crippen molar-refractivity contribution in [1.29, 1.82) is 0 Å². The maximum absolute atomic E-state index is 12.0. The van der Waals surface area contributed by atoms with E-state index in [2.05, 4.69) is 0 Å². The van der Waals surface area contributed by atoms with Crippen molar-refractivity contribution in [3.8, 4) is 0 Å². The number of ether oxygens (including phenoxy) is 2. The zero-order valence-electron chi connectivity index (χ0n) is 8.60. The van der Waals surface area contributed by atoms with Crippen molar-refractivity contribution in [2.45, 2.75) is 31.8 Å². The van der Waals surface area contributed by atoms with Gasteiger partial charge in [-0.25, -0.2) is 9.69 Å². The molecule has 0 saturated carbocycles. The molecule has 0 aliphatic carbocycles. The molecule has 15 heavy (non-hydrogen) atoms. The van der Waals surface area contributed by atoms with Gasteiger partial charge in [0.1, 0.15) is 5.54 Å². The van der Waals surface area contributed by atoms with Crippen molar-refractivity contribution in [3.63, 3.8) is 0 Å². The molecule has 0 N–H and O–H groups in total. The Kier molecular flexibility index (Phi) is 1.52. The molecular formula is C9H12N2O4. The highest BCUT2D eigenvalue weighted by Crippen LogP contribution is 2.37. The number of carbonyl (C=O) groups is 2. The van der Waals surface area contributed by atoms with Crippen LogP contribution >= 0.6 is 0 Å². The van der Waals surface area contributed by atoms with Gasteiger partial charge in [-0.2, -0.15) is 0 Å². The molecule has 82 valence electrons. The average Bonchev–Trinajstić information content (AvgIpc) is 2.97. The van der Waals surface area contributed by atoms with Crippen molar-refractivity contribution in [2.24, 2.45) is 0 Å². The Morgan fingerprint density at radius 1 is 1.20 bits per heavy atom. The first-order chi connectivity index (χ1) is 7.03. The van der Waals surface area contributed by atoms with Gasteiger partial charge in [0.25, 0.3) is 5.91 Å². The molecule has 0 aromatic carbocycles. The largest absolute Gasteiger partial charge is 0.351 e. The molecule has 2 atom stereocenters. The molecule has 0 bridgehead atoms. The maximum Gasteiger partial charge on any atom is 0.332 e. The van der Waals surface area contributed by atoms with Crippen LogP contribution in [0.4, 0.5) is 4.79 Å². The first kappa shape index (κ1) is 9.11. The molecule has 6 nitrogen and oxygen atoms in total. The third-order valence-electron chi connectivity index (χ3n) is 2.96. The van der Waals surface area contributed by atoms with Gasteiger partial charge in [-0.05, 0) is 13.8 Å². The Balaban J connectivity index is 1.95. The molecule has 6 heteroatoms. The van der Waals surface area contributed by atoms with Crippen LogP contribution < -0.4 is 0 Å². The molecule has 3 fully saturated rings. The second-order valence-corrected chi connectivity index (χ2v) is 4.46. The van der Waals surface area contributed by atoms with E-state index in [1.807, 2.05) is 0 Å². The second-order valence-electron chi connectivity index (χ2n) is 4.46. The number of carbonyl (C=O) groups excluding carboxylic acids is 2. The summed E-state index contributed by atoms with van der Waals surface area (Å²) in [5, 5.41) is 0. The van der Waals surface area contributed by atoms with Crippen molar-refractivity contribution in [3.05, 3.63) is 0 Å². The first-order valence-electron chi connectivity index (χ1n) is 4.93. The number of amides is 3. The number of imide groups is 1. The zero-order chi connectivity index (χ0) is 10.8. The van der Waals surface area contributed by atoms with E-state index in [0.717, 1.165) is 0 Å². The summed E-state index contributed by atoms with van der Waals surface area (Å²) >= 11 is 0. The Morgan fingerprint density at radius 2 is 1.73 bits per heavy atom. The van der Waals surface area contributed by atoms with Gasteiger partial charge in [0.2, 0.25) is 0 Å². The van der Waals surface area contributed by atoms with Crippen LogP contribution in [0.5, 0.6) is 0 Å². The van der Waals surface area contributed by atoms with Gasteiger partial charge >= 0.3 is 6.03 Å². The molecule has 3 heterocycles. The monoisotopic (exact) mass is 212 g/mol. The fourth-order valence-electron chi connectivity index (χ4n) is 1.96. The highest BCUT2D eigenvalue weighted by Gasteiger charge is 2.60. The summed E-state index contributed by atoms with van der Waals surface area (Å²) in [6.07, 6.45) is -0.590. The normalized spacial score (nSPS) is 37.5. The van der Waals surface area contributed by atoms with Crippen LogP contribution in [-0.2, 0) is 14.3 Å². The highest BCUT2D eigenvalue weighted by atomic mass is 16.6. The fourth-order valence-corrected chi connectivity index (χ4v) is 1.96. The summed E-state index contributed by atoms with van der Waals surface area (Å²) in [4.78, 5) is 26.6. The molecule has 3 saturated heterocycles. The molecule has 3 aliphatic heterocycles. The number of rotatable bonds is 2. The molecular weight excluding hydrogens is 200 g/mol. The molecule has 0 radical (unpaired) electrons. The Morgan fingerprint density at radius 3 is 2.20 bits per heavy atom. The van der Waals surface area contributed by atoms with E-state index in [9.17, 15) is 9.59 Å². The number of hydrogen-bond donors (Lipinski definition) is 0. The quantitative estimate of drug-likeness (QED) is 0.467. The lowest BCUT2D eigenvalue weighted by Gasteiger charge is -2.25. The SMILES string of the molecule is CC1(C)C(=O)N(C2CO2)C(=O)N1C1CO1. The van der Waals surface area contributed by atoms with E-state index in [-0.39, 0.29) is 24.4 Å². The van der Waals surface area contributed by atoms with E-state index < -0.39 is 5.54 Å². The lowest BCUT2D eigenvalue weighted by molar-refractivity contribution is -0.133. The Hall–Kier alpha value is -1.14. The van der Waals surface area contributed by atoms with Crippen LogP contribution in [0.2, 0.25) is 0 Å². The smallest absolute Gasteiger partial charge is 0.332 e. The highest BCUT2D eigenvalue weighted by molar-refractivity contribution is 6.07. The van der Waals surface area contributed by atoms with Crippen molar-refractivity contribution >= 4 is 11.9 Å². The predicted molar refractivity (Wildman–Crippen MR) is 47.6 cm³/mol. The van der Waals surface area contributed by atoms with Crippen LogP contribution in [0.15, 0.2) is 0 Å². The summed E-state index contributed by atoms with van der Waals surface area (Å²) in [5.74, 6) is -0.203. The molecule has 2 unspecified atom stereocenters. The van der Waals surface area contributed by atoms with Gasteiger partial charge in [-0.15, -0.1) is 0 Å². The average molecular weight is 212 g/mol. The molecule has 3 rings (SSSR count). The van der Waals surface area contributed by atoms with E-state index in [1.54, 1.807) is 13.8 Å². The third kappa shape index (κ3) is 1.12. The van der Waals surface area contributed by atoms with Gasteiger partial charge in [-0.1, -0.05) is 0 Å². The van der Waals surface area contributed by atoms with Crippen LogP contribution in [-0.4, -0.2) is 52.9 Å². The van der Waals surface area contributed by atoms with Gasteiger partial charge in [0.05, 0.1) is 13.2 Å². The van der Waals surface area contributed by atoms with E-state index in [4.69, 9.17) is 9.47 Å². The summed E-state index contributed by atoms with van der Waals surface area (Å²) in [6.45, 7) is 4.43. The minimum Gasteiger partial charge on any atom is -0.351 e.